The van der Waals surface area contributed by atoms with E-state index >= 15 is 0 Å². The summed E-state index contributed by atoms with van der Waals surface area (Å²) < 4.78 is 0. The van der Waals surface area contributed by atoms with Gasteiger partial charge >= 0.3 is 0 Å². The fraction of sp³-hybridized carbons (Fsp3) is 0.150. The highest BCUT2D eigenvalue weighted by atomic mass is 14.8. The van der Waals surface area contributed by atoms with Crippen LogP contribution in [0.15, 0.2) is 84.9 Å². The monoisotopic (exact) mass is 570 g/mol. The van der Waals surface area contributed by atoms with E-state index in [-0.39, 0.29) is 0 Å². The SMILES string of the molecule is C/C=C/c1cc(C)c2ccc3c(C)cc(-c4ccc(-c5cc(C)c6ccc7c(C)cc(/C=C/C)nc7c6n5)cc4)nc3c2n1. The molecule has 0 fully saturated rings. The van der Waals surface area contributed by atoms with Crippen molar-refractivity contribution in [3.05, 3.63) is 119 Å². The molecule has 0 atom stereocenters. The van der Waals surface area contributed by atoms with Crippen LogP contribution in [-0.2, 0) is 0 Å². The quantitative estimate of drug-likeness (QED) is 0.198. The summed E-state index contributed by atoms with van der Waals surface area (Å²) in [6, 6.07) is 25.9. The Morgan fingerprint density at radius 3 is 1.07 bits per heavy atom. The number of aryl methyl sites for hydroxylation is 4. The molecule has 7 rings (SSSR count). The van der Waals surface area contributed by atoms with Crippen molar-refractivity contribution in [2.75, 3.05) is 0 Å². The van der Waals surface area contributed by atoms with Crippen LogP contribution in [0.1, 0.15) is 47.5 Å². The lowest BCUT2D eigenvalue weighted by Crippen LogP contribution is -1.95. The van der Waals surface area contributed by atoms with Crippen molar-refractivity contribution in [3.8, 4) is 22.5 Å². The fourth-order valence-electron chi connectivity index (χ4n) is 6.30. The van der Waals surface area contributed by atoms with E-state index in [0.717, 1.165) is 77.5 Å². The second kappa shape index (κ2) is 10.8. The molecule has 4 nitrogen and oxygen atoms in total. The Morgan fingerprint density at radius 1 is 0.409 bits per heavy atom. The molecule has 0 saturated heterocycles. The number of aromatic nitrogens is 4. The highest BCUT2D eigenvalue weighted by Gasteiger charge is 2.14. The van der Waals surface area contributed by atoms with Crippen molar-refractivity contribution in [1.82, 2.24) is 19.9 Å². The Labute approximate surface area is 257 Å². The van der Waals surface area contributed by atoms with Crippen molar-refractivity contribution in [1.29, 1.82) is 0 Å². The van der Waals surface area contributed by atoms with Gasteiger partial charge in [-0.15, -0.1) is 0 Å². The first-order valence-electron chi connectivity index (χ1n) is 15.1. The minimum atomic E-state index is 0.940. The summed E-state index contributed by atoms with van der Waals surface area (Å²) in [5.74, 6) is 0. The average Bonchev–Trinajstić information content (AvgIpc) is 3.01. The van der Waals surface area contributed by atoms with Gasteiger partial charge in [0.15, 0.2) is 0 Å². The fourth-order valence-corrected chi connectivity index (χ4v) is 6.30. The van der Waals surface area contributed by atoms with E-state index in [0.29, 0.717) is 0 Å². The molecule has 0 unspecified atom stereocenters. The number of hydrogen-bond acceptors (Lipinski definition) is 4. The number of hydrogen-bond donors (Lipinski definition) is 0. The van der Waals surface area contributed by atoms with Crippen molar-refractivity contribution >= 4 is 55.8 Å². The second-order valence-electron chi connectivity index (χ2n) is 11.7. The Bertz CT molecular complexity index is 2160. The Morgan fingerprint density at radius 2 is 0.727 bits per heavy atom. The first kappa shape index (κ1) is 27.6. The molecule has 0 amide bonds. The third kappa shape index (κ3) is 4.64. The van der Waals surface area contributed by atoms with E-state index in [1.807, 2.05) is 38.2 Å². The highest BCUT2D eigenvalue weighted by Crippen LogP contribution is 2.34. The number of rotatable bonds is 4. The molecule has 0 N–H and O–H groups in total. The molecule has 0 aliphatic rings. The van der Waals surface area contributed by atoms with Crippen LogP contribution >= 0.6 is 0 Å². The lowest BCUT2D eigenvalue weighted by molar-refractivity contribution is 1.31. The summed E-state index contributed by atoms with van der Waals surface area (Å²) in [4.78, 5) is 20.4. The molecule has 214 valence electrons. The largest absolute Gasteiger partial charge is 0.246 e. The van der Waals surface area contributed by atoms with E-state index in [2.05, 4.69) is 100 Å². The molecule has 3 aromatic carbocycles. The summed E-state index contributed by atoms with van der Waals surface area (Å²) in [6.07, 6.45) is 8.14. The minimum Gasteiger partial charge on any atom is -0.246 e. The van der Waals surface area contributed by atoms with Gasteiger partial charge in [-0.25, -0.2) is 19.9 Å². The lowest BCUT2D eigenvalue weighted by atomic mass is 9.99. The smallest absolute Gasteiger partial charge is 0.0975 e. The van der Waals surface area contributed by atoms with Crippen LogP contribution in [0.5, 0.6) is 0 Å². The van der Waals surface area contributed by atoms with Gasteiger partial charge in [-0.1, -0.05) is 60.7 Å². The number of allylic oxidation sites excluding steroid dienone is 2. The number of benzene rings is 3. The van der Waals surface area contributed by atoms with Crippen molar-refractivity contribution in [2.24, 2.45) is 0 Å². The maximum atomic E-state index is 5.18. The van der Waals surface area contributed by atoms with E-state index in [9.17, 15) is 0 Å². The zero-order valence-corrected chi connectivity index (χ0v) is 26.0. The first-order chi connectivity index (χ1) is 21.3. The number of fused-ring (bicyclic) bond motifs is 6. The van der Waals surface area contributed by atoms with Crippen LogP contribution in [0.25, 0.3) is 78.3 Å². The summed E-state index contributed by atoms with van der Waals surface area (Å²) in [7, 11) is 0. The third-order valence-corrected chi connectivity index (χ3v) is 8.53. The average molecular weight is 571 g/mol. The number of nitrogens with zero attached hydrogens (tertiary/aromatic N) is 4. The van der Waals surface area contributed by atoms with Gasteiger partial charge in [-0.2, -0.15) is 0 Å². The van der Waals surface area contributed by atoms with Gasteiger partial charge in [0.25, 0.3) is 0 Å². The molecule has 0 aliphatic carbocycles. The van der Waals surface area contributed by atoms with Crippen LogP contribution in [0.2, 0.25) is 0 Å². The zero-order valence-electron chi connectivity index (χ0n) is 26.0. The van der Waals surface area contributed by atoms with Gasteiger partial charge in [0, 0.05) is 32.7 Å². The van der Waals surface area contributed by atoms with E-state index in [1.54, 1.807) is 0 Å². The third-order valence-electron chi connectivity index (χ3n) is 8.53. The summed E-state index contributed by atoms with van der Waals surface area (Å²) in [5.41, 5.74) is 14.5. The Hall–Kier alpha value is -5.22. The first-order valence-corrected chi connectivity index (χ1v) is 15.1. The lowest BCUT2D eigenvalue weighted by Gasteiger charge is -2.12. The van der Waals surface area contributed by atoms with Gasteiger partial charge in [-0.3, -0.25) is 0 Å². The highest BCUT2D eigenvalue weighted by molar-refractivity contribution is 6.07. The van der Waals surface area contributed by atoms with Crippen LogP contribution < -0.4 is 0 Å². The predicted octanol–water partition coefficient (Wildman–Crippen LogP) is 10.5. The van der Waals surface area contributed by atoms with Crippen molar-refractivity contribution in [3.63, 3.8) is 0 Å². The second-order valence-corrected chi connectivity index (χ2v) is 11.7. The maximum Gasteiger partial charge on any atom is 0.0975 e. The zero-order chi connectivity index (χ0) is 30.5. The van der Waals surface area contributed by atoms with Crippen molar-refractivity contribution in [2.45, 2.75) is 41.5 Å². The molecule has 0 saturated carbocycles. The Balaban J connectivity index is 1.35. The van der Waals surface area contributed by atoms with Gasteiger partial charge in [0.05, 0.1) is 44.8 Å². The number of pyridine rings is 4. The molecule has 44 heavy (non-hydrogen) atoms. The molecule has 0 radical (unpaired) electrons. The van der Waals surface area contributed by atoms with Crippen LogP contribution in [0.3, 0.4) is 0 Å². The Kier molecular flexibility index (Phi) is 6.78. The summed E-state index contributed by atoms with van der Waals surface area (Å²) in [6.45, 7) is 12.6. The molecule has 4 heteroatoms. The van der Waals surface area contributed by atoms with Crippen LogP contribution in [0, 0.1) is 27.7 Å². The normalized spacial score (nSPS) is 12.1. The van der Waals surface area contributed by atoms with Crippen molar-refractivity contribution < 1.29 is 0 Å². The summed E-state index contributed by atoms with van der Waals surface area (Å²) >= 11 is 0. The van der Waals surface area contributed by atoms with E-state index < -0.39 is 0 Å². The van der Waals surface area contributed by atoms with E-state index in [1.165, 1.54) is 22.3 Å². The topological polar surface area (TPSA) is 51.6 Å². The van der Waals surface area contributed by atoms with Gasteiger partial charge in [-0.05, 0) is 100 Å². The van der Waals surface area contributed by atoms with Gasteiger partial charge < -0.3 is 0 Å². The molecule has 4 heterocycles. The molecular formula is C40H34N4. The van der Waals surface area contributed by atoms with Crippen LogP contribution in [-0.4, -0.2) is 19.9 Å². The molecular weight excluding hydrogens is 536 g/mol. The molecule has 0 spiro atoms. The molecule has 7 aromatic rings. The van der Waals surface area contributed by atoms with E-state index in [4.69, 9.17) is 19.9 Å². The maximum absolute atomic E-state index is 5.18. The minimum absolute atomic E-state index is 0.940. The summed E-state index contributed by atoms with van der Waals surface area (Å²) in [5, 5.41) is 4.54. The standard InChI is InChI=1S/C40H34N4/c1-7-9-29-19-23(3)31-15-17-33-25(5)21-35(43-39(33)37(31)41-29)27-11-13-28(14-12-27)36-22-26(6)34-18-16-32-24(4)20-30(10-8-2)42-38(32)40(34)44-36/h7-22H,1-6H3/b9-7+,10-8+. The molecule has 4 aromatic heterocycles. The molecule has 0 aliphatic heterocycles. The molecule has 0 bridgehead atoms. The van der Waals surface area contributed by atoms with Gasteiger partial charge in [0.1, 0.15) is 0 Å². The predicted molar refractivity (Wildman–Crippen MR) is 187 cm³/mol. The van der Waals surface area contributed by atoms with Gasteiger partial charge in [0.2, 0.25) is 0 Å². The van der Waals surface area contributed by atoms with Crippen LogP contribution in [0.4, 0.5) is 0 Å².